The Kier molecular flexibility index (Phi) is 54.1. The second-order valence-electron chi connectivity index (χ2n) is 2.70. The van der Waals surface area contributed by atoms with Gasteiger partial charge in [0.05, 0.1) is 0 Å². The molecule has 0 saturated carbocycles. The van der Waals surface area contributed by atoms with Crippen LogP contribution in [-0.4, -0.2) is 35.4 Å². The third-order valence-electron chi connectivity index (χ3n) is 0.219. The van der Waals surface area contributed by atoms with Gasteiger partial charge in [0.2, 0.25) is 0 Å². The van der Waals surface area contributed by atoms with Crippen LogP contribution in [-0.2, 0) is 52.3 Å². The van der Waals surface area contributed by atoms with Gasteiger partial charge < -0.3 is 39.6 Å². The van der Waals surface area contributed by atoms with Crippen LogP contribution in [0.1, 0.15) is 27.7 Å². The summed E-state index contributed by atoms with van der Waals surface area (Å²) in [7, 11) is 0. The van der Waals surface area contributed by atoms with Gasteiger partial charge in [-0.25, -0.2) is 0 Å². The third-order valence-corrected chi connectivity index (χ3v) is 0.480. The second kappa shape index (κ2) is 32.0. The number of hydrogen-bond donors (Lipinski definition) is 2. The molecular weight excluding hydrogens is 388 g/mol. The number of carboxylic acids is 4. The first-order chi connectivity index (χ1) is 9.20. The van der Waals surface area contributed by atoms with Gasteiger partial charge in [0.1, 0.15) is 0 Å². The van der Waals surface area contributed by atoms with Gasteiger partial charge in [-0.1, -0.05) is 0 Å². The summed E-state index contributed by atoms with van der Waals surface area (Å²) in [6.07, 6.45) is 0. The van der Waals surface area contributed by atoms with E-state index in [4.69, 9.17) is 51.1 Å². The molecule has 22 heavy (non-hydrogen) atoms. The monoisotopic (exact) mass is 407 g/mol. The van der Waals surface area contributed by atoms with Crippen LogP contribution in [0.2, 0.25) is 0 Å². The van der Waals surface area contributed by atoms with E-state index < -0.39 is 23.9 Å². The van der Waals surface area contributed by atoms with Gasteiger partial charge in [-0.2, -0.15) is 0 Å². The molecule has 0 radical (unpaired) electrons. The van der Waals surface area contributed by atoms with E-state index in [1.807, 2.05) is 0 Å². The Hall–Kier alpha value is -1.16. The van der Waals surface area contributed by atoms with Crippen molar-refractivity contribution in [1.29, 1.82) is 0 Å². The van der Waals surface area contributed by atoms with Gasteiger partial charge in [-0.05, 0) is 27.7 Å². The summed E-state index contributed by atoms with van der Waals surface area (Å²) in [5.41, 5.74) is 10.0. The number of carbonyl (C=O) groups is 4. The molecule has 0 aromatic heterocycles. The molecule has 4 N–H and O–H groups in total. The van der Waals surface area contributed by atoms with E-state index in [0.29, 0.717) is 6.54 Å². The zero-order valence-electron chi connectivity index (χ0n) is 12.4. The quantitative estimate of drug-likeness (QED) is 0.392. The number of rotatable bonds is 1. The number of carboxylic acid groups (broad SMARTS) is 4. The molecule has 0 fully saturated rings. The molecule has 0 rings (SSSR count). The third kappa shape index (κ3) is 8520. The van der Waals surface area contributed by atoms with Gasteiger partial charge in [0, 0.05) is 23.9 Å². The molecule has 0 aromatic rings. The fraction of sp³-hybridized carbons (Fsp3) is 0.600. The zero-order valence-corrected chi connectivity index (χ0v) is 14.6. The van der Waals surface area contributed by atoms with Crippen LogP contribution < -0.4 is 31.9 Å². The first kappa shape index (κ1) is 37.2. The molecule has 0 heterocycles. The van der Waals surface area contributed by atoms with Crippen molar-refractivity contribution in [2.45, 2.75) is 32.6 Å². The minimum Gasteiger partial charge on any atom is 2.00 e. The average molecular weight is 407 g/mol. The summed E-state index contributed by atoms with van der Waals surface area (Å²) in [6.45, 7) is 4.36. The SMILES string of the molecule is CC(=O)[O-].CC(=O)[O-].CC(=O)[O-].CC(=O)[O-].NC[CH](N)[Fe+2].[Fe+2]. The zero-order chi connectivity index (χ0) is 18.6. The summed E-state index contributed by atoms with van der Waals surface area (Å²) in [4.78, 5) is 35.5. The van der Waals surface area contributed by atoms with E-state index in [9.17, 15) is 0 Å². The Morgan fingerprint density at radius 2 is 0.864 bits per heavy atom. The first-order valence-corrected chi connectivity index (χ1v) is 5.62. The fourth-order valence-corrected chi connectivity index (χ4v) is 0. The summed E-state index contributed by atoms with van der Waals surface area (Å²) in [5.74, 6) is -4.33. The van der Waals surface area contributed by atoms with Gasteiger partial charge in [-0.15, -0.1) is 0 Å². The number of carbonyl (C=O) groups excluding carboxylic acids is 4. The molecule has 0 saturated heterocycles. The minimum absolute atomic E-state index is 0. The maximum absolute atomic E-state index is 8.89. The smallest absolute Gasteiger partial charge is 2.00 e. The molecule has 10 nitrogen and oxygen atoms in total. The van der Waals surface area contributed by atoms with E-state index in [2.05, 4.69) is 16.0 Å². The molecule has 0 aromatic carbocycles. The van der Waals surface area contributed by atoms with E-state index >= 15 is 0 Å². The van der Waals surface area contributed by atoms with Crippen molar-refractivity contribution < 1.29 is 72.7 Å². The maximum atomic E-state index is 8.89. The molecule has 1 atom stereocenters. The van der Waals surface area contributed by atoms with Gasteiger partial charge in [0.25, 0.3) is 0 Å². The standard InChI is InChI=1S/C2H7N2.4C2H4O2.2Fe/c3-1-2-4;4*1-2(3)4;;/h1H,2-4H2;4*1H3,(H,3,4);;/q;;;;;2*+2/p-4. The van der Waals surface area contributed by atoms with E-state index in [1.54, 1.807) is 0 Å². The predicted octanol–water partition coefficient (Wildman–Crippen LogP) is -6.20. The Balaban J connectivity index is -0.0000000361. The van der Waals surface area contributed by atoms with Crippen LogP contribution in [0.15, 0.2) is 0 Å². The molecular formula is C10H19Fe2N2O8. The molecule has 133 valence electrons. The van der Waals surface area contributed by atoms with Crippen LogP contribution in [0.25, 0.3) is 0 Å². The summed E-state index contributed by atoms with van der Waals surface area (Å²) >= 11 is 3.41. The largest absolute Gasteiger partial charge is 2.00 e. The van der Waals surface area contributed by atoms with Crippen LogP contribution in [0.4, 0.5) is 0 Å². The Bertz CT molecular complexity index is 224. The van der Waals surface area contributed by atoms with Crippen LogP contribution in [0.3, 0.4) is 0 Å². The second-order valence-corrected chi connectivity index (χ2v) is 3.52. The number of hydrogen-bond acceptors (Lipinski definition) is 10. The molecule has 0 spiro atoms. The summed E-state index contributed by atoms with van der Waals surface area (Å²) < 4.78 is 0. The first-order valence-electron chi connectivity index (χ1n) is 4.99. The van der Waals surface area contributed by atoms with Crippen molar-refractivity contribution in [3.05, 3.63) is 0 Å². The number of aliphatic carboxylic acids is 4. The molecule has 1 unspecified atom stereocenters. The Morgan fingerprint density at radius 1 is 0.818 bits per heavy atom. The van der Waals surface area contributed by atoms with Crippen molar-refractivity contribution in [2.75, 3.05) is 6.54 Å². The average Bonchev–Trinajstić information content (AvgIpc) is 2.13. The van der Waals surface area contributed by atoms with Crippen LogP contribution in [0.5, 0.6) is 0 Å². The summed E-state index contributed by atoms with van der Waals surface area (Å²) in [5, 5.41) is 35.6. The van der Waals surface area contributed by atoms with Crippen molar-refractivity contribution in [1.82, 2.24) is 0 Å². The van der Waals surface area contributed by atoms with Crippen LogP contribution >= 0.6 is 0 Å². The van der Waals surface area contributed by atoms with Crippen molar-refractivity contribution in [2.24, 2.45) is 11.5 Å². The Morgan fingerprint density at radius 3 is 0.864 bits per heavy atom. The maximum Gasteiger partial charge on any atom is 2.00 e. The number of nitrogens with two attached hydrogens (primary N) is 2. The van der Waals surface area contributed by atoms with Crippen molar-refractivity contribution >= 4 is 23.9 Å². The minimum atomic E-state index is -1.08. The molecule has 0 aliphatic carbocycles. The van der Waals surface area contributed by atoms with Crippen molar-refractivity contribution in [3.63, 3.8) is 0 Å². The topological polar surface area (TPSA) is 213 Å². The fourth-order valence-electron chi connectivity index (χ4n) is 0. The summed E-state index contributed by atoms with van der Waals surface area (Å²) in [6, 6.07) is 0. The van der Waals surface area contributed by atoms with Gasteiger partial charge in [-0.3, -0.25) is 0 Å². The van der Waals surface area contributed by atoms with Gasteiger partial charge >= 0.3 is 56.0 Å². The molecule has 0 aliphatic rings. The Labute approximate surface area is 147 Å². The van der Waals surface area contributed by atoms with E-state index in [-0.39, 0.29) is 22.0 Å². The predicted molar refractivity (Wildman–Crippen MR) is 59.8 cm³/mol. The van der Waals surface area contributed by atoms with Crippen molar-refractivity contribution in [3.8, 4) is 0 Å². The molecule has 0 amide bonds. The molecule has 0 aliphatic heterocycles. The molecule has 0 bridgehead atoms. The van der Waals surface area contributed by atoms with Crippen LogP contribution in [0, 0.1) is 0 Å². The van der Waals surface area contributed by atoms with E-state index in [1.165, 1.54) is 0 Å². The molecule has 12 heteroatoms. The normalized spacial score (nSPS) is 7.91. The van der Waals surface area contributed by atoms with Gasteiger partial charge in [0.15, 0.2) is 0 Å². The van der Waals surface area contributed by atoms with E-state index in [0.717, 1.165) is 27.7 Å².